The maximum Gasteiger partial charge on any atom is 0.352 e. The number of ether oxygens (including phenoxy) is 1. The first-order valence-electron chi connectivity index (χ1n) is 6.91. The van der Waals surface area contributed by atoms with Crippen LogP contribution in [0.5, 0.6) is 6.01 Å². The third-order valence-electron chi connectivity index (χ3n) is 3.19. The van der Waals surface area contributed by atoms with Gasteiger partial charge in [0.15, 0.2) is 5.65 Å². The van der Waals surface area contributed by atoms with E-state index in [2.05, 4.69) is 15.1 Å². The van der Waals surface area contributed by atoms with Crippen molar-refractivity contribution in [3.63, 3.8) is 0 Å². The van der Waals surface area contributed by atoms with Gasteiger partial charge in [-0.15, -0.1) is 11.3 Å². The Kier molecular flexibility index (Phi) is 3.92. The molecule has 1 N–H and O–H groups in total. The second-order valence-corrected chi connectivity index (χ2v) is 6.61. The minimum Gasteiger partial charge on any atom is -0.465 e. The van der Waals surface area contributed by atoms with E-state index in [1.54, 1.807) is 0 Å². The van der Waals surface area contributed by atoms with E-state index < -0.39 is 0 Å². The maximum atomic E-state index is 12.2. The summed E-state index contributed by atoms with van der Waals surface area (Å²) in [4.78, 5) is 19.2. The monoisotopic (exact) mass is 338 g/mol. The van der Waals surface area contributed by atoms with E-state index in [9.17, 15) is 4.79 Å². The smallest absolute Gasteiger partial charge is 0.352 e. The van der Waals surface area contributed by atoms with Crippen LogP contribution in [-0.4, -0.2) is 26.2 Å². The minimum atomic E-state index is -0.372. The summed E-state index contributed by atoms with van der Waals surface area (Å²) in [6.45, 7) is 6.30. The molecule has 8 heteroatoms. The Balaban J connectivity index is 2.35. The summed E-state index contributed by atoms with van der Waals surface area (Å²) in [6.07, 6.45) is 0. The molecule has 0 saturated carbocycles. The highest BCUT2D eigenvalue weighted by Gasteiger charge is 2.21. The second-order valence-electron chi connectivity index (χ2n) is 5.07. The van der Waals surface area contributed by atoms with Crippen LogP contribution in [0.1, 0.15) is 32.4 Å². The molecule has 0 spiro atoms. The van der Waals surface area contributed by atoms with E-state index in [0.29, 0.717) is 16.6 Å². The molecule has 0 fully saturated rings. The van der Waals surface area contributed by atoms with E-state index in [1.807, 2.05) is 32.2 Å². The lowest BCUT2D eigenvalue weighted by atomic mass is 10.0. The van der Waals surface area contributed by atoms with Crippen molar-refractivity contribution in [2.24, 2.45) is 0 Å². The predicted octanol–water partition coefficient (Wildman–Crippen LogP) is 3.32. The van der Waals surface area contributed by atoms with Crippen LogP contribution in [0.15, 0.2) is 16.2 Å². The van der Waals surface area contributed by atoms with Crippen LogP contribution >= 0.6 is 22.9 Å². The Morgan fingerprint density at radius 2 is 2.27 bits per heavy atom. The number of nitrogens with zero attached hydrogens (tertiary/aromatic N) is 3. The maximum absolute atomic E-state index is 12.2. The van der Waals surface area contributed by atoms with Gasteiger partial charge in [0.25, 0.3) is 6.01 Å². The number of hydrogen-bond acceptors (Lipinski definition) is 5. The van der Waals surface area contributed by atoms with Crippen molar-refractivity contribution < 1.29 is 4.74 Å². The highest BCUT2D eigenvalue weighted by atomic mass is 35.5. The summed E-state index contributed by atoms with van der Waals surface area (Å²) < 4.78 is 7.29. The molecule has 22 heavy (non-hydrogen) atoms. The quantitative estimate of drug-likeness (QED) is 0.792. The third kappa shape index (κ3) is 2.50. The van der Waals surface area contributed by atoms with Crippen molar-refractivity contribution in [1.82, 2.24) is 19.6 Å². The molecule has 6 nitrogen and oxygen atoms in total. The Labute approximate surface area is 135 Å². The van der Waals surface area contributed by atoms with Gasteiger partial charge < -0.3 is 4.74 Å². The van der Waals surface area contributed by atoms with Gasteiger partial charge in [-0.1, -0.05) is 25.4 Å². The first-order chi connectivity index (χ1) is 10.5. The molecule has 0 saturated heterocycles. The number of rotatable bonds is 4. The van der Waals surface area contributed by atoms with Crippen LogP contribution < -0.4 is 10.4 Å². The van der Waals surface area contributed by atoms with Gasteiger partial charge in [-0.05, 0) is 24.5 Å². The molecule has 3 aromatic heterocycles. The fraction of sp³-hybridized carbons (Fsp3) is 0.357. The largest absolute Gasteiger partial charge is 0.465 e. The molecule has 3 rings (SSSR count). The molecule has 0 radical (unpaired) electrons. The van der Waals surface area contributed by atoms with Crippen LogP contribution in [0.25, 0.3) is 16.8 Å². The fourth-order valence-corrected chi connectivity index (χ4v) is 3.14. The van der Waals surface area contributed by atoms with Gasteiger partial charge in [0.1, 0.15) is 0 Å². The van der Waals surface area contributed by atoms with E-state index in [0.717, 1.165) is 16.8 Å². The van der Waals surface area contributed by atoms with E-state index in [1.165, 1.54) is 15.9 Å². The van der Waals surface area contributed by atoms with Gasteiger partial charge in [-0.2, -0.15) is 14.6 Å². The molecule has 3 heterocycles. The van der Waals surface area contributed by atoms with Crippen LogP contribution in [0.2, 0.25) is 4.34 Å². The number of nitrogens with one attached hydrogen (secondary N) is 1. The molecule has 0 aliphatic rings. The zero-order valence-electron chi connectivity index (χ0n) is 12.4. The lowest BCUT2D eigenvalue weighted by Crippen LogP contribution is -2.20. The van der Waals surface area contributed by atoms with Crippen LogP contribution in [0.4, 0.5) is 0 Å². The van der Waals surface area contributed by atoms with Gasteiger partial charge in [0.2, 0.25) is 0 Å². The minimum absolute atomic E-state index is 0.144. The number of aromatic nitrogens is 4. The van der Waals surface area contributed by atoms with Crippen molar-refractivity contribution >= 4 is 28.6 Å². The fourth-order valence-electron chi connectivity index (χ4n) is 2.27. The van der Waals surface area contributed by atoms with Crippen LogP contribution in [-0.2, 0) is 0 Å². The molecule has 0 aromatic carbocycles. The van der Waals surface area contributed by atoms with Crippen molar-refractivity contribution in [2.45, 2.75) is 26.7 Å². The molecule has 0 aliphatic heterocycles. The van der Waals surface area contributed by atoms with Crippen molar-refractivity contribution in [3.8, 4) is 17.1 Å². The standard InChI is InChI=1S/C14H15ClN4O2S/c1-4-21-13-16-12-10(8-5-9(15)22-6-8)11(7(2)3)18-19(12)14(20)17-13/h5-7H,4H2,1-3H3,(H,16,17,20). The topological polar surface area (TPSA) is 72.3 Å². The van der Waals surface area contributed by atoms with Crippen molar-refractivity contribution in [1.29, 1.82) is 0 Å². The zero-order valence-corrected chi connectivity index (χ0v) is 14.0. The summed E-state index contributed by atoms with van der Waals surface area (Å²) in [6, 6.07) is 2.05. The summed E-state index contributed by atoms with van der Waals surface area (Å²) in [5, 5.41) is 6.35. The molecule has 0 bridgehead atoms. The summed E-state index contributed by atoms with van der Waals surface area (Å²) >= 11 is 7.48. The molecular weight excluding hydrogens is 324 g/mol. The molecule has 116 valence electrons. The average Bonchev–Trinajstić information content (AvgIpc) is 3.02. The molecule has 0 unspecified atom stereocenters. The summed E-state index contributed by atoms with van der Waals surface area (Å²) in [5.41, 5.74) is 2.65. The number of halogens is 1. The highest BCUT2D eigenvalue weighted by molar-refractivity contribution is 7.14. The molecule has 0 aliphatic carbocycles. The highest BCUT2D eigenvalue weighted by Crippen LogP contribution is 2.35. The number of aromatic amines is 1. The second kappa shape index (κ2) is 5.73. The van der Waals surface area contributed by atoms with Gasteiger partial charge in [0, 0.05) is 5.38 Å². The van der Waals surface area contributed by atoms with Crippen LogP contribution in [0.3, 0.4) is 0 Å². The Morgan fingerprint density at radius 3 is 2.86 bits per heavy atom. The first kappa shape index (κ1) is 15.1. The van der Waals surface area contributed by atoms with Crippen molar-refractivity contribution in [3.05, 3.63) is 32.0 Å². The van der Waals surface area contributed by atoms with E-state index >= 15 is 0 Å². The van der Waals surface area contributed by atoms with Gasteiger partial charge in [-0.25, -0.2) is 4.79 Å². The molecule has 0 amide bonds. The van der Waals surface area contributed by atoms with E-state index in [4.69, 9.17) is 16.3 Å². The first-order valence-corrected chi connectivity index (χ1v) is 8.17. The molecule has 0 atom stereocenters. The number of hydrogen-bond donors (Lipinski definition) is 1. The predicted molar refractivity (Wildman–Crippen MR) is 87.2 cm³/mol. The molecule has 3 aromatic rings. The lowest BCUT2D eigenvalue weighted by Gasteiger charge is -2.04. The third-order valence-corrected chi connectivity index (χ3v) is 4.28. The van der Waals surface area contributed by atoms with Gasteiger partial charge in [-0.3, -0.25) is 4.98 Å². The molecular formula is C14H15ClN4O2S. The van der Waals surface area contributed by atoms with Gasteiger partial charge in [0.05, 0.1) is 22.2 Å². The summed E-state index contributed by atoms with van der Waals surface area (Å²) in [7, 11) is 0. The van der Waals surface area contributed by atoms with Gasteiger partial charge >= 0.3 is 5.69 Å². The van der Waals surface area contributed by atoms with Crippen molar-refractivity contribution in [2.75, 3.05) is 6.61 Å². The Hall–Kier alpha value is -1.86. The van der Waals surface area contributed by atoms with E-state index in [-0.39, 0.29) is 17.6 Å². The Morgan fingerprint density at radius 1 is 1.50 bits per heavy atom. The lowest BCUT2D eigenvalue weighted by molar-refractivity contribution is 0.310. The summed E-state index contributed by atoms with van der Waals surface area (Å²) in [5.74, 6) is 0.144. The SMILES string of the molecule is CCOc1nc2c(-c3csc(Cl)c3)c(C(C)C)nn2c(=O)[nH]1. The number of H-pyrrole nitrogens is 1. The number of fused-ring (bicyclic) bond motifs is 1. The Bertz CT molecular complexity index is 881. The van der Waals surface area contributed by atoms with Crippen LogP contribution in [0, 0.1) is 0 Å². The number of thiophene rings is 1. The zero-order chi connectivity index (χ0) is 15.9. The average molecular weight is 339 g/mol. The normalized spacial score (nSPS) is 11.5.